The molecule has 1 aromatic rings. The van der Waals surface area contributed by atoms with E-state index < -0.39 is 0 Å². The molecule has 0 saturated carbocycles. The molecule has 1 fully saturated rings. The quantitative estimate of drug-likeness (QED) is 0.853. The van der Waals surface area contributed by atoms with Gasteiger partial charge in [0.25, 0.3) is 0 Å². The molecule has 1 N–H and O–H groups in total. The molecule has 17 heavy (non-hydrogen) atoms. The molecule has 1 saturated heterocycles. The fourth-order valence-electron chi connectivity index (χ4n) is 2.48. The van der Waals surface area contributed by atoms with Gasteiger partial charge in [-0.25, -0.2) is 0 Å². The summed E-state index contributed by atoms with van der Waals surface area (Å²) in [4.78, 5) is 0. The van der Waals surface area contributed by atoms with Crippen molar-refractivity contribution in [3.8, 4) is 5.75 Å². The van der Waals surface area contributed by atoms with E-state index in [1.54, 1.807) is 7.11 Å². The van der Waals surface area contributed by atoms with Crippen LogP contribution in [0.3, 0.4) is 0 Å². The summed E-state index contributed by atoms with van der Waals surface area (Å²) in [7, 11) is 1.72. The Morgan fingerprint density at radius 2 is 2.06 bits per heavy atom. The number of aryl methyl sites for hydroxylation is 2. The lowest BCUT2D eigenvalue weighted by atomic mass is 10.00. The maximum absolute atomic E-state index is 5.98. The van der Waals surface area contributed by atoms with Crippen LogP contribution in [0.1, 0.15) is 29.7 Å². The second kappa shape index (κ2) is 5.07. The van der Waals surface area contributed by atoms with E-state index in [2.05, 4.69) is 38.2 Å². The molecule has 1 aromatic carbocycles. The minimum absolute atomic E-state index is 0.0901. The molecule has 1 aliphatic rings. The molecule has 0 amide bonds. The van der Waals surface area contributed by atoms with E-state index in [0.29, 0.717) is 0 Å². The Morgan fingerprint density at radius 1 is 1.29 bits per heavy atom. The van der Waals surface area contributed by atoms with E-state index in [9.17, 15) is 0 Å². The Balaban J connectivity index is 2.35. The van der Waals surface area contributed by atoms with Crippen LogP contribution in [0, 0.1) is 13.8 Å². The lowest BCUT2D eigenvalue weighted by Gasteiger charge is -2.30. The summed E-state index contributed by atoms with van der Waals surface area (Å²) < 4.78 is 11.5. The highest BCUT2D eigenvalue weighted by Crippen LogP contribution is 2.33. The number of morpholine rings is 1. The van der Waals surface area contributed by atoms with Crippen LogP contribution < -0.4 is 10.1 Å². The van der Waals surface area contributed by atoms with Gasteiger partial charge in [-0.15, -0.1) is 0 Å². The van der Waals surface area contributed by atoms with Gasteiger partial charge in [-0.1, -0.05) is 11.6 Å². The standard InChI is InChI=1S/C14H21NO2/c1-9-5-10(2)14(16-4)12(6-9)13-8-15-7-11(3)17-13/h5-6,11,13,15H,7-8H2,1-4H3. The van der Waals surface area contributed by atoms with Crippen molar-refractivity contribution in [2.24, 2.45) is 0 Å². The number of methoxy groups -OCH3 is 1. The number of nitrogens with one attached hydrogen (secondary N) is 1. The van der Waals surface area contributed by atoms with Crippen molar-refractivity contribution in [3.05, 3.63) is 28.8 Å². The molecule has 2 unspecified atom stereocenters. The zero-order valence-corrected chi connectivity index (χ0v) is 11.0. The zero-order chi connectivity index (χ0) is 12.4. The summed E-state index contributed by atoms with van der Waals surface area (Å²) in [5.41, 5.74) is 3.58. The third kappa shape index (κ3) is 2.61. The Morgan fingerprint density at radius 3 is 2.71 bits per heavy atom. The summed E-state index contributed by atoms with van der Waals surface area (Å²) in [5, 5.41) is 3.39. The van der Waals surface area contributed by atoms with Crippen LogP contribution >= 0.6 is 0 Å². The predicted molar refractivity (Wildman–Crippen MR) is 68.6 cm³/mol. The molecule has 0 radical (unpaired) electrons. The maximum Gasteiger partial charge on any atom is 0.127 e. The fraction of sp³-hybridized carbons (Fsp3) is 0.571. The number of hydrogen-bond acceptors (Lipinski definition) is 3. The van der Waals surface area contributed by atoms with Crippen LogP contribution in [0.4, 0.5) is 0 Å². The first-order valence-corrected chi connectivity index (χ1v) is 6.13. The van der Waals surface area contributed by atoms with Crippen molar-refractivity contribution in [1.29, 1.82) is 0 Å². The Kier molecular flexibility index (Phi) is 3.69. The third-order valence-corrected chi connectivity index (χ3v) is 3.16. The first kappa shape index (κ1) is 12.4. The highest BCUT2D eigenvalue weighted by atomic mass is 16.5. The topological polar surface area (TPSA) is 30.5 Å². The normalized spacial score (nSPS) is 24.7. The van der Waals surface area contributed by atoms with Gasteiger partial charge in [0, 0.05) is 18.7 Å². The van der Waals surface area contributed by atoms with Gasteiger partial charge in [0.15, 0.2) is 0 Å². The summed E-state index contributed by atoms with van der Waals surface area (Å²) >= 11 is 0. The Bertz CT molecular complexity index is 403. The molecule has 0 aromatic heterocycles. The van der Waals surface area contributed by atoms with E-state index in [0.717, 1.165) is 24.4 Å². The highest BCUT2D eigenvalue weighted by Gasteiger charge is 2.24. The van der Waals surface area contributed by atoms with E-state index in [-0.39, 0.29) is 12.2 Å². The lowest BCUT2D eigenvalue weighted by Crippen LogP contribution is -2.39. The average molecular weight is 235 g/mol. The van der Waals surface area contributed by atoms with Gasteiger partial charge in [0.05, 0.1) is 19.3 Å². The average Bonchev–Trinajstić information content (AvgIpc) is 2.28. The second-order valence-corrected chi connectivity index (χ2v) is 4.80. The molecular weight excluding hydrogens is 214 g/mol. The molecular formula is C14H21NO2. The van der Waals surface area contributed by atoms with Crippen LogP contribution in [0.5, 0.6) is 5.75 Å². The van der Waals surface area contributed by atoms with Crippen molar-refractivity contribution < 1.29 is 9.47 Å². The first-order chi connectivity index (χ1) is 8.11. The molecule has 0 spiro atoms. The summed E-state index contributed by atoms with van der Waals surface area (Å²) in [6, 6.07) is 4.30. The van der Waals surface area contributed by atoms with Gasteiger partial charge in [0.1, 0.15) is 5.75 Å². The van der Waals surface area contributed by atoms with Gasteiger partial charge in [-0.2, -0.15) is 0 Å². The molecule has 94 valence electrons. The first-order valence-electron chi connectivity index (χ1n) is 6.13. The number of hydrogen-bond donors (Lipinski definition) is 1. The van der Waals surface area contributed by atoms with Crippen molar-refractivity contribution in [2.75, 3.05) is 20.2 Å². The number of benzene rings is 1. The van der Waals surface area contributed by atoms with Gasteiger partial charge >= 0.3 is 0 Å². The molecule has 2 atom stereocenters. The van der Waals surface area contributed by atoms with Gasteiger partial charge in [-0.05, 0) is 32.4 Å². The minimum Gasteiger partial charge on any atom is -0.496 e. The zero-order valence-electron chi connectivity index (χ0n) is 11.0. The molecule has 1 heterocycles. The van der Waals surface area contributed by atoms with Crippen molar-refractivity contribution in [1.82, 2.24) is 5.32 Å². The van der Waals surface area contributed by atoms with Gasteiger partial charge in [0.2, 0.25) is 0 Å². The van der Waals surface area contributed by atoms with E-state index in [1.165, 1.54) is 11.1 Å². The van der Waals surface area contributed by atoms with Gasteiger partial charge in [-0.3, -0.25) is 0 Å². The van der Waals surface area contributed by atoms with E-state index >= 15 is 0 Å². The molecule has 3 heteroatoms. The monoisotopic (exact) mass is 235 g/mol. The van der Waals surface area contributed by atoms with Crippen LogP contribution in [-0.4, -0.2) is 26.3 Å². The van der Waals surface area contributed by atoms with Crippen LogP contribution in [0.15, 0.2) is 12.1 Å². The summed E-state index contributed by atoms with van der Waals surface area (Å²) in [5.74, 6) is 0.955. The predicted octanol–water partition coefficient (Wildman–Crippen LogP) is 2.36. The van der Waals surface area contributed by atoms with Crippen molar-refractivity contribution in [2.45, 2.75) is 33.0 Å². The Hall–Kier alpha value is -1.06. The number of ether oxygens (including phenoxy) is 2. The molecule has 3 nitrogen and oxygen atoms in total. The number of rotatable bonds is 2. The second-order valence-electron chi connectivity index (χ2n) is 4.80. The van der Waals surface area contributed by atoms with Crippen LogP contribution in [0.25, 0.3) is 0 Å². The smallest absolute Gasteiger partial charge is 0.127 e. The maximum atomic E-state index is 5.98. The van der Waals surface area contributed by atoms with Crippen molar-refractivity contribution in [3.63, 3.8) is 0 Å². The van der Waals surface area contributed by atoms with E-state index in [4.69, 9.17) is 9.47 Å². The van der Waals surface area contributed by atoms with Crippen molar-refractivity contribution >= 4 is 0 Å². The molecule has 0 aliphatic carbocycles. The molecule has 2 rings (SSSR count). The third-order valence-electron chi connectivity index (χ3n) is 3.16. The largest absolute Gasteiger partial charge is 0.496 e. The SMILES string of the molecule is COc1c(C)cc(C)cc1C1CNCC(C)O1. The lowest BCUT2D eigenvalue weighted by molar-refractivity contribution is -0.0297. The highest BCUT2D eigenvalue weighted by molar-refractivity contribution is 5.45. The van der Waals surface area contributed by atoms with Crippen LogP contribution in [-0.2, 0) is 4.74 Å². The summed E-state index contributed by atoms with van der Waals surface area (Å²) in [6.07, 6.45) is 0.339. The van der Waals surface area contributed by atoms with E-state index in [1.807, 2.05) is 0 Å². The fourth-order valence-corrected chi connectivity index (χ4v) is 2.48. The van der Waals surface area contributed by atoms with Gasteiger partial charge < -0.3 is 14.8 Å². The Labute approximate surface area is 103 Å². The molecule has 1 aliphatic heterocycles. The van der Waals surface area contributed by atoms with Crippen LogP contribution in [0.2, 0.25) is 0 Å². The minimum atomic E-state index is 0.0901. The summed E-state index contributed by atoms with van der Waals surface area (Å²) in [6.45, 7) is 8.05. The molecule has 0 bridgehead atoms.